The Kier molecular flexibility index (Phi) is 3.38. The summed E-state index contributed by atoms with van der Waals surface area (Å²) in [4.78, 5) is 4.52. The molecule has 1 aliphatic heterocycles. The maximum Gasteiger partial charge on any atom is 0.161 e. The number of nitrogens with zero attached hydrogens (tertiary/aromatic N) is 1. The third kappa shape index (κ3) is 2.97. The Balaban J connectivity index is 2.14. The van der Waals surface area contributed by atoms with Gasteiger partial charge in [0, 0.05) is 17.5 Å². The highest BCUT2D eigenvalue weighted by Gasteiger charge is 2.28. The minimum Gasteiger partial charge on any atom is -0.335 e. The van der Waals surface area contributed by atoms with Crippen LogP contribution >= 0.6 is 11.8 Å². The first kappa shape index (κ1) is 12.4. The van der Waals surface area contributed by atoms with Crippen LogP contribution in [0.5, 0.6) is 0 Å². The average Bonchev–Trinajstić information content (AvgIpc) is 2.59. The Morgan fingerprint density at radius 2 is 2.00 bits per heavy atom. The minimum absolute atomic E-state index is 0.0706. The van der Waals surface area contributed by atoms with E-state index in [0.717, 1.165) is 23.4 Å². The fourth-order valence-electron chi connectivity index (χ4n) is 1.53. The summed E-state index contributed by atoms with van der Waals surface area (Å²) < 4.78 is 26.0. The lowest BCUT2D eigenvalue weighted by Crippen LogP contribution is -2.20. The number of hydrogen-bond acceptors (Lipinski definition) is 3. The molecular formula is C12H14F2N2S. The van der Waals surface area contributed by atoms with Crippen LogP contribution in [0.15, 0.2) is 23.2 Å². The molecule has 0 aromatic heterocycles. The third-order valence-electron chi connectivity index (χ3n) is 2.77. The van der Waals surface area contributed by atoms with Crippen molar-refractivity contribution in [3.63, 3.8) is 0 Å². The van der Waals surface area contributed by atoms with Crippen LogP contribution in [0.3, 0.4) is 0 Å². The molecule has 92 valence electrons. The van der Waals surface area contributed by atoms with Crippen molar-refractivity contribution in [1.29, 1.82) is 0 Å². The number of benzene rings is 1. The SMILES string of the molecule is CCC1(C)CSC(Nc2cc(F)cc(F)c2)=N1. The lowest BCUT2D eigenvalue weighted by atomic mass is 10.0. The van der Waals surface area contributed by atoms with Crippen molar-refractivity contribution in [3.8, 4) is 0 Å². The number of anilines is 1. The molecule has 2 rings (SSSR count). The highest BCUT2D eigenvalue weighted by atomic mass is 32.2. The molecule has 5 heteroatoms. The monoisotopic (exact) mass is 256 g/mol. The molecule has 0 radical (unpaired) electrons. The summed E-state index contributed by atoms with van der Waals surface area (Å²) in [7, 11) is 0. The Morgan fingerprint density at radius 1 is 1.35 bits per heavy atom. The van der Waals surface area contributed by atoms with E-state index in [9.17, 15) is 8.78 Å². The van der Waals surface area contributed by atoms with E-state index in [1.807, 2.05) is 0 Å². The van der Waals surface area contributed by atoms with E-state index in [2.05, 4.69) is 24.2 Å². The van der Waals surface area contributed by atoms with E-state index in [1.54, 1.807) is 11.8 Å². The number of thioether (sulfide) groups is 1. The van der Waals surface area contributed by atoms with Crippen LogP contribution in [-0.2, 0) is 0 Å². The summed E-state index contributed by atoms with van der Waals surface area (Å²) in [5.41, 5.74) is 0.327. The zero-order valence-electron chi connectivity index (χ0n) is 9.76. The first-order valence-corrected chi connectivity index (χ1v) is 6.45. The van der Waals surface area contributed by atoms with E-state index < -0.39 is 11.6 Å². The number of nitrogens with one attached hydrogen (secondary N) is 1. The van der Waals surface area contributed by atoms with Gasteiger partial charge in [-0.25, -0.2) is 8.78 Å². The Hall–Kier alpha value is -1.10. The molecule has 0 saturated heterocycles. The van der Waals surface area contributed by atoms with Gasteiger partial charge in [0.2, 0.25) is 0 Å². The molecule has 1 N–H and O–H groups in total. The van der Waals surface area contributed by atoms with Crippen LogP contribution in [0.4, 0.5) is 14.5 Å². The quantitative estimate of drug-likeness (QED) is 0.873. The number of rotatable bonds is 2. The fourth-order valence-corrected chi connectivity index (χ4v) is 2.72. The van der Waals surface area contributed by atoms with E-state index in [0.29, 0.717) is 5.69 Å². The third-order valence-corrected chi connectivity index (χ3v) is 4.00. The van der Waals surface area contributed by atoms with E-state index in [-0.39, 0.29) is 5.54 Å². The summed E-state index contributed by atoms with van der Waals surface area (Å²) in [6.45, 7) is 4.15. The smallest absolute Gasteiger partial charge is 0.161 e. The van der Waals surface area contributed by atoms with Crippen LogP contribution in [-0.4, -0.2) is 16.5 Å². The predicted octanol–water partition coefficient (Wildman–Crippen LogP) is 3.65. The van der Waals surface area contributed by atoms with Crippen LogP contribution < -0.4 is 5.32 Å². The van der Waals surface area contributed by atoms with Gasteiger partial charge in [-0.05, 0) is 25.5 Å². The maximum atomic E-state index is 13.0. The van der Waals surface area contributed by atoms with Crippen molar-refractivity contribution in [3.05, 3.63) is 29.8 Å². The van der Waals surface area contributed by atoms with E-state index in [1.165, 1.54) is 12.1 Å². The maximum absolute atomic E-state index is 13.0. The molecule has 1 aromatic rings. The zero-order valence-corrected chi connectivity index (χ0v) is 10.6. The second-order valence-electron chi connectivity index (χ2n) is 4.34. The second kappa shape index (κ2) is 4.64. The first-order valence-electron chi connectivity index (χ1n) is 5.46. The highest BCUT2D eigenvalue weighted by molar-refractivity contribution is 8.14. The molecule has 0 bridgehead atoms. The summed E-state index contributed by atoms with van der Waals surface area (Å²) >= 11 is 1.57. The molecule has 2 nitrogen and oxygen atoms in total. The lowest BCUT2D eigenvalue weighted by Gasteiger charge is -2.15. The Morgan fingerprint density at radius 3 is 2.53 bits per heavy atom. The zero-order chi connectivity index (χ0) is 12.5. The largest absolute Gasteiger partial charge is 0.335 e. The van der Waals surface area contributed by atoms with Crippen LogP contribution in [0, 0.1) is 11.6 Å². The van der Waals surface area contributed by atoms with Crippen molar-refractivity contribution in [2.24, 2.45) is 4.99 Å². The molecule has 0 spiro atoms. The summed E-state index contributed by atoms with van der Waals surface area (Å²) in [5, 5.41) is 3.67. The number of aliphatic imine (C=N–C) groups is 1. The molecule has 0 aliphatic carbocycles. The number of halogens is 2. The van der Waals surface area contributed by atoms with Crippen molar-refractivity contribution >= 4 is 22.6 Å². The molecule has 1 aliphatic rings. The van der Waals surface area contributed by atoms with Gasteiger partial charge in [-0.15, -0.1) is 0 Å². The van der Waals surface area contributed by atoms with Crippen molar-refractivity contribution < 1.29 is 8.78 Å². The van der Waals surface area contributed by atoms with Crippen LogP contribution in [0.25, 0.3) is 0 Å². The Labute approximate surface area is 104 Å². The van der Waals surface area contributed by atoms with E-state index in [4.69, 9.17) is 0 Å². The van der Waals surface area contributed by atoms with Gasteiger partial charge in [0.25, 0.3) is 0 Å². The summed E-state index contributed by atoms with van der Waals surface area (Å²) in [6, 6.07) is 3.37. The van der Waals surface area contributed by atoms with Crippen LogP contribution in [0.2, 0.25) is 0 Å². The highest BCUT2D eigenvalue weighted by Crippen LogP contribution is 2.30. The second-order valence-corrected chi connectivity index (χ2v) is 5.30. The molecule has 1 atom stereocenters. The standard InChI is InChI=1S/C12H14F2N2S/c1-3-12(2)7-17-11(16-12)15-10-5-8(13)4-9(14)6-10/h4-6H,3,7H2,1-2H3,(H,15,16). The molecule has 0 fully saturated rings. The van der Waals surface area contributed by atoms with Gasteiger partial charge in [-0.3, -0.25) is 4.99 Å². The summed E-state index contributed by atoms with van der Waals surface area (Å²) in [6.07, 6.45) is 0.947. The van der Waals surface area contributed by atoms with E-state index >= 15 is 0 Å². The minimum atomic E-state index is -0.589. The van der Waals surface area contributed by atoms with Gasteiger partial charge in [0.1, 0.15) is 11.6 Å². The fraction of sp³-hybridized carbons (Fsp3) is 0.417. The molecular weight excluding hydrogens is 242 g/mol. The molecule has 17 heavy (non-hydrogen) atoms. The first-order chi connectivity index (χ1) is 8.00. The van der Waals surface area contributed by atoms with Crippen molar-refractivity contribution in [2.45, 2.75) is 25.8 Å². The van der Waals surface area contributed by atoms with Crippen molar-refractivity contribution in [2.75, 3.05) is 11.1 Å². The van der Waals surface area contributed by atoms with Gasteiger partial charge in [0.05, 0.1) is 5.54 Å². The molecule has 1 unspecified atom stereocenters. The number of hydrogen-bond donors (Lipinski definition) is 1. The van der Waals surface area contributed by atoms with Gasteiger partial charge < -0.3 is 5.32 Å². The molecule has 0 saturated carbocycles. The average molecular weight is 256 g/mol. The van der Waals surface area contributed by atoms with Gasteiger partial charge in [-0.2, -0.15) is 0 Å². The molecule has 1 heterocycles. The van der Waals surface area contributed by atoms with Crippen LogP contribution in [0.1, 0.15) is 20.3 Å². The lowest BCUT2D eigenvalue weighted by molar-refractivity contribution is 0.523. The summed E-state index contributed by atoms with van der Waals surface area (Å²) in [5.74, 6) is -0.285. The molecule has 1 aromatic carbocycles. The normalized spacial score (nSPS) is 23.6. The molecule has 0 amide bonds. The number of amidine groups is 1. The van der Waals surface area contributed by atoms with Gasteiger partial charge >= 0.3 is 0 Å². The van der Waals surface area contributed by atoms with Gasteiger partial charge in [0.15, 0.2) is 5.17 Å². The van der Waals surface area contributed by atoms with Gasteiger partial charge in [-0.1, -0.05) is 18.7 Å². The topological polar surface area (TPSA) is 24.4 Å². The van der Waals surface area contributed by atoms with Crippen molar-refractivity contribution in [1.82, 2.24) is 0 Å². The Bertz CT molecular complexity index is 442. The predicted molar refractivity (Wildman–Crippen MR) is 68.6 cm³/mol.